The van der Waals surface area contributed by atoms with Gasteiger partial charge in [0.1, 0.15) is 0 Å². The second-order valence-electron chi connectivity index (χ2n) is 4.85. The summed E-state index contributed by atoms with van der Waals surface area (Å²) in [5, 5.41) is 3.00. The molecule has 0 amide bonds. The van der Waals surface area contributed by atoms with Gasteiger partial charge < -0.3 is 24.9 Å². The van der Waals surface area contributed by atoms with E-state index in [0.717, 1.165) is 12.8 Å². The highest BCUT2D eigenvalue weighted by molar-refractivity contribution is 7.57. The molecule has 1 aliphatic carbocycles. The third-order valence-electron chi connectivity index (χ3n) is 3.77. The molecule has 7 nitrogen and oxygen atoms in total. The third-order valence-corrected chi connectivity index (χ3v) is 6.86. The van der Waals surface area contributed by atoms with Crippen molar-refractivity contribution in [3.63, 3.8) is 0 Å². The van der Waals surface area contributed by atoms with Gasteiger partial charge in [0.2, 0.25) is 0 Å². The summed E-state index contributed by atoms with van der Waals surface area (Å²) < 4.78 is 22.8. The van der Waals surface area contributed by atoms with E-state index in [1.165, 1.54) is 0 Å². The van der Waals surface area contributed by atoms with E-state index in [-0.39, 0.29) is 12.3 Å². The summed E-state index contributed by atoms with van der Waals surface area (Å²) in [7, 11) is -8.98. The molecule has 0 aromatic carbocycles. The van der Waals surface area contributed by atoms with Gasteiger partial charge in [0.15, 0.2) is 0 Å². The molecular weight excluding hydrogens is 268 g/mol. The molecule has 2 aliphatic rings. The first-order valence-electron chi connectivity index (χ1n) is 5.55. The topological polar surface area (TPSA) is 127 Å². The quantitative estimate of drug-likeness (QED) is 0.446. The molecule has 1 saturated carbocycles. The molecule has 0 aromatic heterocycles. The van der Waals surface area contributed by atoms with Crippen LogP contribution in [-0.2, 0) is 9.13 Å². The molecular formula is C8H17NO6P2. The van der Waals surface area contributed by atoms with Crippen molar-refractivity contribution in [1.29, 1.82) is 0 Å². The largest absolute Gasteiger partial charge is 0.331 e. The predicted molar refractivity (Wildman–Crippen MR) is 60.8 cm³/mol. The van der Waals surface area contributed by atoms with Crippen LogP contribution in [0.1, 0.15) is 19.3 Å². The van der Waals surface area contributed by atoms with Crippen molar-refractivity contribution < 1.29 is 28.7 Å². The maximum atomic E-state index is 11.5. The van der Waals surface area contributed by atoms with Crippen molar-refractivity contribution >= 4 is 15.2 Å². The molecule has 2 rings (SSSR count). The van der Waals surface area contributed by atoms with Crippen LogP contribution in [0.4, 0.5) is 0 Å². The molecule has 4 atom stereocenters. The summed E-state index contributed by atoms with van der Waals surface area (Å²) >= 11 is 0. The Bertz CT molecular complexity index is 389. The Morgan fingerprint density at radius 2 is 1.71 bits per heavy atom. The lowest BCUT2D eigenvalue weighted by Crippen LogP contribution is -2.45. The van der Waals surface area contributed by atoms with Crippen molar-refractivity contribution in [3.8, 4) is 0 Å². The van der Waals surface area contributed by atoms with Gasteiger partial charge in [0, 0.05) is 6.04 Å². The molecule has 100 valence electrons. The first-order chi connectivity index (χ1) is 7.71. The van der Waals surface area contributed by atoms with Crippen molar-refractivity contribution in [2.24, 2.45) is 5.92 Å². The smallest absolute Gasteiger partial charge is 0.324 e. The maximum Gasteiger partial charge on any atom is 0.331 e. The van der Waals surface area contributed by atoms with Crippen LogP contribution in [0.3, 0.4) is 0 Å². The second kappa shape index (κ2) is 4.42. The van der Waals surface area contributed by atoms with E-state index in [1.54, 1.807) is 0 Å². The Morgan fingerprint density at radius 3 is 2.24 bits per heavy atom. The Balaban J connectivity index is 2.34. The fourth-order valence-corrected chi connectivity index (χ4v) is 6.61. The average molecular weight is 285 g/mol. The van der Waals surface area contributed by atoms with Crippen LogP contribution in [0.5, 0.6) is 0 Å². The lowest BCUT2D eigenvalue weighted by molar-refractivity contribution is 0.294. The number of hydrogen-bond donors (Lipinski definition) is 5. The zero-order chi connectivity index (χ0) is 12.8. The molecule has 1 saturated heterocycles. The Labute approximate surface area is 98.9 Å². The second-order valence-corrected chi connectivity index (χ2v) is 8.47. The van der Waals surface area contributed by atoms with Gasteiger partial charge in [0.05, 0.1) is 11.3 Å². The first-order valence-corrected chi connectivity index (χ1v) is 8.91. The number of nitrogens with one attached hydrogen (secondary N) is 1. The number of hydrogen-bond acceptors (Lipinski definition) is 3. The van der Waals surface area contributed by atoms with Crippen LogP contribution >= 0.6 is 15.2 Å². The van der Waals surface area contributed by atoms with E-state index >= 15 is 0 Å². The lowest BCUT2D eigenvalue weighted by atomic mass is 9.94. The number of fused-ring (bicyclic) bond motifs is 1. The van der Waals surface area contributed by atoms with E-state index < -0.39 is 32.6 Å². The molecule has 17 heavy (non-hydrogen) atoms. The first kappa shape index (κ1) is 13.7. The third kappa shape index (κ3) is 2.66. The van der Waals surface area contributed by atoms with Gasteiger partial charge in [-0.25, -0.2) is 0 Å². The standard InChI is InChI=1S/C8H17NO6P2/c10-16(11,12)6-4-5-2-1-3-9-7(5)8(6)17(13,14)15/h5-9H,1-4H2,(H2,10,11,12)(H2,13,14,15). The van der Waals surface area contributed by atoms with E-state index in [1.807, 2.05) is 0 Å². The Morgan fingerprint density at radius 1 is 1.06 bits per heavy atom. The van der Waals surface area contributed by atoms with Crippen molar-refractivity contribution in [2.75, 3.05) is 6.54 Å². The van der Waals surface area contributed by atoms with Gasteiger partial charge in [-0.15, -0.1) is 0 Å². The monoisotopic (exact) mass is 285 g/mol. The van der Waals surface area contributed by atoms with Gasteiger partial charge in [-0.05, 0) is 31.7 Å². The molecule has 0 bridgehead atoms. The number of piperidine rings is 1. The summed E-state index contributed by atoms with van der Waals surface area (Å²) in [5.74, 6) is -0.0426. The molecule has 1 heterocycles. The van der Waals surface area contributed by atoms with E-state index in [2.05, 4.69) is 5.32 Å². The van der Waals surface area contributed by atoms with E-state index in [4.69, 9.17) is 0 Å². The summed E-state index contributed by atoms with van der Waals surface area (Å²) in [6, 6.07) is -0.470. The average Bonchev–Trinajstić information content (AvgIpc) is 2.54. The molecule has 0 radical (unpaired) electrons. The van der Waals surface area contributed by atoms with Crippen molar-refractivity contribution in [1.82, 2.24) is 5.32 Å². The zero-order valence-electron chi connectivity index (χ0n) is 9.14. The highest BCUT2D eigenvalue weighted by Crippen LogP contribution is 2.62. The molecule has 0 spiro atoms. The van der Waals surface area contributed by atoms with Crippen LogP contribution in [-0.4, -0.2) is 43.5 Å². The van der Waals surface area contributed by atoms with Gasteiger partial charge in [0.25, 0.3) is 0 Å². The molecule has 2 fully saturated rings. The van der Waals surface area contributed by atoms with Gasteiger partial charge in [-0.3, -0.25) is 9.13 Å². The van der Waals surface area contributed by atoms with Crippen LogP contribution in [0.25, 0.3) is 0 Å². The Hall–Kier alpha value is 0.260. The lowest BCUT2D eigenvalue weighted by Gasteiger charge is -2.31. The molecule has 4 unspecified atom stereocenters. The summed E-state index contributed by atoms with van der Waals surface area (Å²) in [5.41, 5.74) is -2.47. The van der Waals surface area contributed by atoms with Crippen molar-refractivity contribution in [3.05, 3.63) is 0 Å². The van der Waals surface area contributed by atoms with Crippen LogP contribution < -0.4 is 5.32 Å². The minimum absolute atomic E-state index is 0.0426. The normalized spacial score (nSPS) is 39.1. The molecule has 5 N–H and O–H groups in total. The fourth-order valence-electron chi connectivity index (χ4n) is 3.10. The molecule has 0 aromatic rings. The highest BCUT2D eigenvalue weighted by Gasteiger charge is 2.57. The Kier molecular flexibility index (Phi) is 3.56. The van der Waals surface area contributed by atoms with Crippen molar-refractivity contribution in [2.45, 2.75) is 36.6 Å². The number of rotatable bonds is 2. The fraction of sp³-hybridized carbons (Fsp3) is 1.00. The van der Waals surface area contributed by atoms with Crippen LogP contribution in [0.15, 0.2) is 0 Å². The van der Waals surface area contributed by atoms with Crippen LogP contribution in [0, 0.1) is 5.92 Å². The van der Waals surface area contributed by atoms with Gasteiger partial charge >= 0.3 is 15.2 Å². The van der Waals surface area contributed by atoms with Gasteiger partial charge in [-0.1, -0.05) is 0 Å². The summed E-state index contributed by atoms with van der Waals surface area (Å²) in [6.07, 6.45) is 1.84. The maximum absolute atomic E-state index is 11.5. The SMILES string of the molecule is O=P(O)(O)C1CC2CCCNC2C1P(=O)(O)O. The molecule has 1 aliphatic heterocycles. The van der Waals surface area contributed by atoms with Crippen LogP contribution in [0.2, 0.25) is 0 Å². The van der Waals surface area contributed by atoms with E-state index in [0.29, 0.717) is 6.54 Å². The molecule has 9 heteroatoms. The van der Waals surface area contributed by atoms with Gasteiger partial charge in [-0.2, -0.15) is 0 Å². The van der Waals surface area contributed by atoms with E-state index in [9.17, 15) is 28.7 Å². The predicted octanol–water partition coefficient (Wildman–Crippen LogP) is -0.149. The summed E-state index contributed by atoms with van der Waals surface area (Å²) in [6.45, 7) is 0.644. The summed E-state index contributed by atoms with van der Waals surface area (Å²) in [4.78, 5) is 37.1. The minimum atomic E-state index is -4.51. The highest BCUT2D eigenvalue weighted by atomic mass is 31.2. The minimum Gasteiger partial charge on any atom is -0.324 e. The zero-order valence-corrected chi connectivity index (χ0v) is 10.9.